The molecule has 1 aliphatic heterocycles. The molecule has 1 aliphatic rings. The first-order valence-electron chi connectivity index (χ1n) is 13.5. The molecule has 2 aromatic carbocycles. The molecule has 0 aliphatic carbocycles. The van der Waals surface area contributed by atoms with Crippen molar-refractivity contribution < 1.29 is 18.8 Å². The molecule has 0 bridgehead atoms. The second-order valence-electron chi connectivity index (χ2n) is 9.54. The number of benzene rings is 2. The van der Waals surface area contributed by atoms with Crippen LogP contribution in [-0.4, -0.2) is 35.9 Å². The van der Waals surface area contributed by atoms with Crippen molar-refractivity contribution in [3.05, 3.63) is 102 Å². The number of rotatable bonds is 12. The van der Waals surface area contributed by atoms with Gasteiger partial charge in [0.2, 0.25) is 0 Å². The van der Waals surface area contributed by atoms with E-state index in [2.05, 4.69) is 43.6 Å². The van der Waals surface area contributed by atoms with Crippen LogP contribution in [0.5, 0.6) is 0 Å². The average Bonchev–Trinajstić information content (AvgIpc) is 3.42. The molecule has 2 atom stereocenters. The number of hydrogen-bond donors (Lipinski definition) is 1. The Balaban J connectivity index is 1.41. The molecule has 0 saturated heterocycles. The molecule has 0 spiro atoms. The Bertz CT molecular complexity index is 1260. The van der Waals surface area contributed by atoms with Gasteiger partial charge in [0.1, 0.15) is 18.3 Å². The number of allylic oxidation sites excluding steroid dienone is 2. The summed E-state index contributed by atoms with van der Waals surface area (Å²) in [6.07, 6.45) is 13.1. The van der Waals surface area contributed by atoms with E-state index in [0.29, 0.717) is 25.5 Å². The first-order valence-corrected chi connectivity index (χ1v) is 14.1. The Morgan fingerprint density at radius 2 is 1.90 bits per heavy atom. The second-order valence-corrected chi connectivity index (χ2v) is 10.2. The van der Waals surface area contributed by atoms with Crippen LogP contribution in [0.3, 0.4) is 0 Å². The molecule has 0 saturated carbocycles. The molecular formula is C31H37FN3O3P. The van der Waals surface area contributed by atoms with Gasteiger partial charge in [0, 0.05) is 43.4 Å². The number of ether oxygens (including phenoxy) is 1. The number of aromatic nitrogens is 1. The Kier molecular flexibility index (Phi) is 11.5. The van der Waals surface area contributed by atoms with E-state index < -0.39 is 0 Å². The molecule has 8 heteroatoms. The van der Waals surface area contributed by atoms with Crippen molar-refractivity contribution in [1.29, 1.82) is 0 Å². The number of aliphatic hydroxyl groups is 1. The summed E-state index contributed by atoms with van der Waals surface area (Å²) in [5, 5.41) is 14.7. The van der Waals surface area contributed by atoms with Gasteiger partial charge < -0.3 is 19.3 Å². The van der Waals surface area contributed by atoms with E-state index in [9.17, 15) is 4.39 Å². The van der Waals surface area contributed by atoms with Crippen molar-refractivity contribution in [2.24, 2.45) is 4.99 Å². The molecule has 0 fully saturated rings. The van der Waals surface area contributed by atoms with Gasteiger partial charge in [-0.25, -0.2) is 9.38 Å². The molecule has 1 aromatic heterocycles. The highest BCUT2D eigenvalue weighted by Gasteiger charge is 2.16. The van der Waals surface area contributed by atoms with E-state index in [0.717, 1.165) is 55.7 Å². The van der Waals surface area contributed by atoms with Gasteiger partial charge in [-0.2, -0.15) is 0 Å². The Morgan fingerprint density at radius 3 is 2.72 bits per heavy atom. The van der Waals surface area contributed by atoms with Crippen molar-refractivity contribution >= 4 is 26.1 Å². The largest absolute Gasteiger partial charge is 0.396 e. The summed E-state index contributed by atoms with van der Waals surface area (Å²) < 4.78 is 25.0. The minimum absolute atomic E-state index is 0.0273. The van der Waals surface area contributed by atoms with Crippen molar-refractivity contribution in [2.45, 2.75) is 51.0 Å². The third kappa shape index (κ3) is 8.96. The summed E-state index contributed by atoms with van der Waals surface area (Å²) in [6, 6.07) is 16.7. The van der Waals surface area contributed by atoms with E-state index >= 15 is 0 Å². The summed E-state index contributed by atoms with van der Waals surface area (Å²) in [6.45, 7) is 1.80. The number of aliphatic hydroxyl groups excluding tert-OH is 1. The van der Waals surface area contributed by atoms with Crippen LogP contribution in [0.15, 0.2) is 88.5 Å². The zero-order valence-electron chi connectivity index (χ0n) is 22.2. The quantitative estimate of drug-likeness (QED) is 0.168. The molecule has 2 unspecified atom stereocenters. The number of hydrogen-bond acceptors (Lipinski definition) is 6. The van der Waals surface area contributed by atoms with Crippen LogP contribution in [-0.2, 0) is 17.8 Å². The van der Waals surface area contributed by atoms with Crippen molar-refractivity contribution in [3.63, 3.8) is 0 Å². The second kappa shape index (κ2) is 15.5. The van der Waals surface area contributed by atoms with E-state index in [-0.39, 0.29) is 18.3 Å². The number of halogens is 1. The third-order valence-electron chi connectivity index (χ3n) is 6.67. The van der Waals surface area contributed by atoms with Crippen LogP contribution < -0.4 is 10.2 Å². The maximum atomic E-state index is 13.6. The molecule has 6 nitrogen and oxygen atoms in total. The first-order chi connectivity index (χ1) is 19.1. The molecule has 1 N–H and O–H groups in total. The average molecular weight is 550 g/mol. The lowest BCUT2D eigenvalue weighted by molar-refractivity contribution is 0.104. The predicted molar refractivity (Wildman–Crippen MR) is 158 cm³/mol. The zero-order valence-corrected chi connectivity index (χ0v) is 23.4. The minimum atomic E-state index is -0.262. The molecule has 4 rings (SSSR count). The highest BCUT2D eigenvalue weighted by molar-refractivity contribution is 7.27. The van der Waals surface area contributed by atoms with E-state index in [1.165, 1.54) is 23.0 Å². The SMILES string of the molecule is OCCCCC/C1=N/C=C/C(c2cc(COCCc3ccccc3P)on2)C/C=C/CN1c1ccc(F)cc1. The fraction of sp³-hybridized carbons (Fsp3) is 0.355. The van der Waals surface area contributed by atoms with Crippen LogP contribution in [0, 0.1) is 5.82 Å². The number of unbranched alkanes of at least 4 members (excludes halogenated alkanes) is 2. The Labute approximate surface area is 232 Å². The summed E-state index contributed by atoms with van der Waals surface area (Å²) in [5.74, 6) is 1.37. The van der Waals surface area contributed by atoms with Gasteiger partial charge in [-0.3, -0.25) is 0 Å². The van der Waals surface area contributed by atoms with Crippen molar-refractivity contribution in [3.8, 4) is 0 Å². The standard InChI is InChI=1S/C31H37FN3O3P/c32-26-12-14-27(15-13-26)35-19-6-5-8-24(16-18-33-31(35)11-2-1-7-20-36)29-22-28(38-34-29)23-37-21-17-25-9-3-4-10-30(25)39/h3-6,9-10,12-16,18,22,24,36H,1-2,7-8,11,17,19-21,23,39H2/b6-5+,18-16+,33-31-. The summed E-state index contributed by atoms with van der Waals surface area (Å²) >= 11 is 0. The Hall–Kier alpha value is -3.12. The van der Waals surface area contributed by atoms with Crippen LogP contribution in [0.1, 0.15) is 55.0 Å². The van der Waals surface area contributed by atoms with Crippen molar-refractivity contribution in [1.82, 2.24) is 5.16 Å². The van der Waals surface area contributed by atoms with Crippen LogP contribution in [0.4, 0.5) is 10.1 Å². The fourth-order valence-electron chi connectivity index (χ4n) is 4.46. The Morgan fingerprint density at radius 1 is 1.05 bits per heavy atom. The van der Waals surface area contributed by atoms with Gasteiger partial charge in [0.05, 0.1) is 12.3 Å². The molecular weight excluding hydrogens is 512 g/mol. The molecule has 3 aromatic rings. The summed E-state index contributed by atoms with van der Waals surface area (Å²) in [7, 11) is 2.76. The third-order valence-corrected chi connectivity index (χ3v) is 7.23. The highest BCUT2D eigenvalue weighted by atomic mass is 31.0. The predicted octanol–water partition coefficient (Wildman–Crippen LogP) is 6.09. The number of aliphatic imine (C=N–C) groups is 1. The number of amidine groups is 1. The lowest BCUT2D eigenvalue weighted by atomic mass is 10.0. The van der Waals surface area contributed by atoms with Crippen LogP contribution in [0.2, 0.25) is 0 Å². The maximum absolute atomic E-state index is 13.6. The monoisotopic (exact) mass is 549 g/mol. The van der Waals surface area contributed by atoms with Gasteiger partial charge in [0.25, 0.3) is 0 Å². The lowest BCUT2D eigenvalue weighted by Gasteiger charge is -2.26. The van der Waals surface area contributed by atoms with E-state index in [4.69, 9.17) is 19.4 Å². The first kappa shape index (κ1) is 28.9. The van der Waals surface area contributed by atoms with Crippen LogP contribution in [0.25, 0.3) is 0 Å². The lowest BCUT2D eigenvalue weighted by Crippen LogP contribution is -2.31. The molecule has 39 heavy (non-hydrogen) atoms. The molecule has 0 amide bonds. The minimum Gasteiger partial charge on any atom is -0.396 e. The topological polar surface area (TPSA) is 71.1 Å². The van der Waals surface area contributed by atoms with E-state index in [1.54, 1.807) is 12.1 Å². The molecule has 206 valence electrons. The van der Waals surface area contributed by atoms with Crippen molar-refractivity contribution in [2.75, 3.05) is 24.7 Å². The van der Waals surface area contributed by atoms with Gasteiger partial charge in [-0.15, -0.1) is 9.24 Å². The normalized spacial score (nSPS) is 18.9. The van der Waals surface area contributed by atoms with Gasteiger partial charge in [0.15, 0.2) is 5.76 Å². The number of anilines is 1. The van der Waals surface area contributed by atoms with Gasteiger partial charge in [-0.1, -0.05) is 54.1 Å². The summed E-state index contributed by atoms with van der Waals surface area (Å²) in [4.78, 5) is 6.94. The van der Waals surface area contributed by atoms with Crippen LogP contribution >= 0.6 is 9.24 Å². The number of nitrogens with zero attached hydrogens (tertiary/aromatic N) is 3. The zero-order chi connectivity index (χ0) is 27.3. The van der Waals surface area contributed by atoms with E-state index in [1.807, 2.05) is 30.5 Å². The highest BCUT2D eigenvalue weighted by Crippen LogP contribution is 2.24. The molecule has 2 heterocycles. The summed E-state index contributed by atoms with van der Waals surface area (Å²) in [5.41, 5.74) is 3.00. The maximum Gasteiger partial charge on any atom is 0.162 e. The van der Waals surface area contributed by atoms with Gasteiger partial charge >= 0.3 is 0 Å². The molecule has 0 radical (unpaired) electrons. The fourth-order valence-corrected chi connectivity index (χ4v) is 4.82. The van der Waals surface area contributed by atoms with Gasteiger partial charge in [-0.05, 0) is 60.8 Å². The smallest absolute Gasteiger partial charge is 0.162 e.